The average molecular weight is 501 g/mol. The Balaban J connectivity index is 1.89. The second-order valence-electron chi connectivity index (χ2n) is 7.72. The Morgan fingerprint density at radius 3 is 2.55 bits per heavy atom. The van der Waals surface area contributed by atoms with Crippen molar-refractivity contribution in [2.45, 2.75) is 32.4 Å². The van der Waals surface area contributed by atoms with Gasteiger partial charge in [-0.2, -0.15) is 0 Å². The molecule has 0 saturated carbocycles. The summed E-state index contributed by atoms with van der Waals surface area (Å²) in [6.07, 6.45) is 1.50. The molecule has 0 aliphatic heterocycles. The Bertz CT molecular complexity index is 1210. The van der Waals surface area contributed by atoms with Crippen LogP contribution in [0.5, 0.6) is 0 Å². The second-order valence-corrected chi connectivity index (χ2v) is 8.97. The monoisotopic (exact) mass is 501 g/mol. The molecule has 0 radical (unpaired) electrons. The average Bonchev–Trinajstić information content (AvgIpc) is 3.19. The molecule has 0 aliphatic rings. The first-order chi connectivity index (χ1) is 13.8. The fraction of sp³-hybridized carbons (Fsp3) is 0.238. The van der Waals surface area contributed by atoms with Crippen molar-refractivity contribution in [1.82, 2.24) is 20.2 Å². The third kappa shape index (κ3) is 3.89. The standard InChI is InChI=1S/C21H20IN5O2/c1-21(2,3)27-20(24-25-26-27)18(23-14-10-8-13(22)9-11-14)16-12-29-17-7-5-4-6-15(17)19(16)28/h4-12,18,23H,1-3H3. The first-order valence-electron chi connectivity index (χ1n) is 9.16. The maximum Gasteiger partial charge on any atom is 0.198 e. The summed E-state index contributed by atoms with van der Waals surface area (Å²) >= 11 is 2.25. The molecule has 7 nitrogen and oxygen atoms in total. The minimum atomic E-state index is -0.579. The van der Waals surface area contributed by atoms with Crippen LogP contribution in [0.3, 0.4) is 0 Å². The van der Waals surface area contributed by atoms with Crippen LogP contribution in [0.1, 0.15) is 38.2 Å². The molecular weight excluding hydrogens is 481 g/mol. The van der Waals surface area contributed by atoms with Crippen LogP contribution >= 0.6 is 22.6 Å². The summed E-state index contributed by atoms with van der Waals surface area (Å²) in [5, 5.41) is 16.2. The van der Waals surface area contributed by atoms with E-state index in [1.165, 1.54) is 6.26 Å². The van der Waals surface area contributed by atoms with Crippen LogP contribution in [0.25, 0.3) is 11.0 Å². The van der Waals surface area contributed by atoms with E-state index in [9.17, 15) is 4.79 Å². The van der Waals surface area contributed by atoms with Crippen LogP contribution in [0, 0.1) is 3.57 Å². The summed E-state index contributed by atoms with van der Waals surface area (Å²) < 4.78 is 8.61. The lowest BCUT2D eigenvalue weighted by atomic mass is 10.0. The minimum absolute atomic E-state index is 0.113. The first-order valence-corrected chi connectivity index (χ1v) is 10.2. The smallest absolute Gasteiger partial charge is 0.198 e. The van der Waals surface area contributed by atoms with Crippen molar-refractivity contribution in [1.29, 1.82) is 0 Å². The zero-order valence-electron chi connectivity index (χ0n) is 16.3. The molecule has 1 unspecified atom stereocenters. The Hall–Kier alpha value is -2.75. The van der Waals surface area contributed by atoms with Crippen molar-refractivity contribution in [2.24, 2.45) is 0 Å². The molecule has 148 valence electrons. The number of anilines is 1. The second kappa shape index (κ2) is 7.58. The number of halogens is 1. The third-order valence-electron chi connectivity index (χ3n) is 4.56. The highest BCUT2D eigenvalue weighted by atomic mass is 127. The number of fused-ring (bicyclic) bond motifs is 1. The van der Waals surface area contributed by atoms with Gasteiger partial charge in [-0.1, -0.05) is 12.1 Å². The molecule has 0 bridgehead atoms. The van der Waals surface area contributed by atoms with Gasteiger partial charge >= 0.3 is 0 Å². The predicted molar refractivity (Wildman–Crippen MR) is 120 cm³/mol. The summed E-state index contributed by atoms with van der Waals surface area (Å²) in [4.78, 5) is 13.3. The van der Waals surface area contributed by atoms with Crippen molar-refractivity contribution in [3.63, 3.8) is 0 Å². The fourth-order valence-electron chi connectivity index (χ4n) is 3.14. The van der Waals surface area contributed by atoms with Crippen LogP contribution in [0.15, 0.2) is 64.0 Å². The first kappa shape index (κ1) is 19.6. The molecule has 0 saturated heterocycles. The zero-order valence-corrected chi connectivity index (χ0v) is 18.4. The maximum atomic E-state index is 13.3. The van der Waals surface area contributed by atoms with E-state index in [1.54, 1.807) is 16.8 Å². The van der Waals surface area contributed by atoms with Gasteiger partial charge < -0.3 is 9.73 Å². The molecule has 1 N–H and O–H groups in total. The molecule has 0 spiro atoms. The quantitative estimate of drug-likeness (QED) is 0.419. The number of hydrogen-bond donors (Lipinski definition) is 1. The predicted octanol–water partition coefficient (Wildman–Crippen LogP) is 4.34. The number of rotatable bonds is 4. The van der Waals surface area contributed by atoms with Crippen molar-refractivity contribution in [3.8, 4) is 0 Å². The van der Waals surface area contributed by atoms with E-state index in [2.05, 4.69) is 43.4 Å². The normalized spacial score (nSPS) is 12.8. The van der Waals surface area contributed by atoms with Crippen molar-refractivity contribution < 1.29 is 4.42 Å². The number of tetrazole rings is 1. The molecule has 0 fully saturated rings. The highest BCUT2D eigenvalue weighted by Gasteiger charge is 2.29. The SMILES string of the molecule is CC(C)(C)n1nnnc1C(Nc1ccc(I)cc1)c1coc2ccccc2c1=O. The van der Waals surface area contributed by atoms with Gasteiger partial charge in [0.1, 0.15) is 17.9 Å². The van der Waals surface area contributed by atoms with Gasteiger partial charge in [0, 0.05) is 9.26 Å². The molecule has 0 aliphatic carbocycles. The molecule has 2 aromatic carbocycles. The van der Waals surface area contributed by atoms with Gasteiger partial charge in [-0.3, -0.25) is 4.79 Å². The number of benzene rings is 2. The van der Waals surface area contributed by atoms with Crippen LogP contribution in [0.2, 0.25) is 0 Å². The number of nitrogens with one attached hydrogen (secondary N) is 1. The lowest BCUT2D eigenvalue weighted by molar-refractivity contribution is 0.332. The van der Waals surface area contributed by atoms with Crippen LogP contribution in [-0.4, -0.2) is 20.2 Å². The maximum absolute atomic E-state index is 13.3. The molecule has 4 aromatic rings. The lowest BCUT2D eigenvalue weighted by Gasteiger charge is -2.25. The number of hydrogen-bond acceptors (Lipinski definition) is 6. The molecule has 4 rings (SSSR count). The minimum Gasteiger partial charge on any atom is -0.464 e. The molecule has 29 heavy (non-hydrogen) atoms. The topological polar surface area (TPSA) is 85.8 Å². The Morgan fingerprint density at radius 1 is 1.10 bits per heavy atom. The van der Waals surface area contributed by atoms with E-state index in [4.69, 9.17) is 4.42 Å². The summed E-state index contributed by atoms with van der Waals surface area (Å²) in [6.45, 7) is 6.03. The molecule has 2 heterocycles. The summed E-state index contributed by atoms with van der Waals surface area (Å²) in [6, 6.07) is 14.5. The van der Waals surface area contributed by atoms with Gasteiger partial charge in [-0.15, -0.1) is 5.10 Å². The number of nitrogens with zero attached hydrogens (tertiary/aromatic N) is 4. The largest absolute Gasteiger partial charge is 0.464 e. The zero-order chi connectivity index (χ0) is 20.6. The van der Waals surface area contributed by atoms with Gasteiger partial charge in [0.05, 0.1) is 16.5 Å². The Morgan fingerprint density at radius 2 is 1.83 bits per heavy atom. The van der Waals surface area contributed by atoms with E-state index in [-0.39, 0.29) is 11.0 Å². The summed E-state index contributed by atoms with van der Waals surface area (Å²) in [7, 11) is 0. The van der Waals surface area contributed by atoms with E-state index in [0.717, 1.165) is 9.26 Å². The van der Waals surface area contributed by atoms with Gasteiger partial charge in [-0.25, -0.2) is 4.68 Å². The summed E-state index contributed by atoms with van der Waals surface area (Å²) in [5.41, 5.74) is 1.37. The van der Waals surface area contributed by atoms with Crippen molar-refractivity contribution in [2.75, 3.05) is 5.32 Å². The highest BCUT2D eigenvalue weighted by molar-refractivity contribution is 14.1. The van der Waals surface area contributed by atoms with Crippen molar-refractivity contribution >= 4 is 39.2 Å². The fourth-order valence-corrected chi connectivity index (χ4v) is 3.50. The van der Waals surface area contributed by atoms with Crippen LogP contribution in [-0.2, 0) is 5.54 Å². The third-order valence-corrected chi connectivity index (χ3v) is 5.28. The van der Waals surface area contributed by atoms with Crippen molar-refractivity contribution in [3.05, 3.63) is 80.0 Å². The molecule has 1 atom stereocenters. The Kier molecular flexibility index (Phi) is 5.12. The van der Waals surface area contributed by atoms with Gasteiger partial charge in [0.25, 0.3) is 0 Å². The number of para-hydroxylation sites is 1. The van der Waals surface area contributed by atoms with Gasteiger partial charge in [-0.05, 0) is 90.2 Å². The summed E-state index contributed by atoms with van der Waals surface area (Å²) in [5.74, 6) is 0.540. The van der Waals surface area contributed by atoms with Crippen LogP contribution in [0.4, 0.5) is 5.69 Å². The molecule has 8 heteroatoms. The molecular formula is C21H20IN5O2. The van der Waals surface area contributed by atoms with Crippen LogP contribution < -0.4 is 10.7 Å². The van der Waals surface area contributed by atoms with E-state index >= 15 is 0 Å². The van der Waals surface area contributed by atoms with Gasteiger partial charge in [0.15, 0.2) is 11.3 Å². The highest BCUT2D eigenvalue weighted by Crippen LogP contribution is 2.28. The Labute approximate surface area is 181 Å². The molecule has 2 aromatic heterocycles. The lowest BCUT2D eigenvalue weighted by Crippen LogP contribution is -2.31. The van der Waals surface area contributed by atoms with E-state index in [0.29, 0.717) is 22.4 Å². The van der Waals surface area contributed by atoms with Gasteiger partial charge in [0.2, 0.25) is 0 Å². The molecule has 0 amide bonds. The van der Waals surface area contributed by atoms with E-state index < -0.39 is 6.04 Å². The van der Waals surface area contributed by atoms with E-state index in [1.807, 2.05) is 57.2 Å². The number of aromatic nitrogens is 4.